The van der Waals surface area contributed by atoms with Crippen LogP contribution in [0.5, 0.6) is 5.75 Å². The number of esters is 2. The number of para-hydroxylation sites is 2. The summed E-state index contributed by atoms with van der Waals surface area (Å²) in [7, 11) is 1.51. The van der Waals surface area contributed by atoms with Gasteiger partial charge in [-0.15, -0.1) is 0 Å². The number of anilines is 1. The van der Waals surface area contributed by atoms with E-state index in [0.29, 0.717) is 17.9 Å². The molecule has 0 bridgehead atoms. The predicted octanol–water partition coefficient (Wildman–Crippen LogP) is 1.50. The van der Waals surface area contributed by atoms with E-state index in [0.717, 1.165) is 0 Å². The molecule has 0 unspecified atom stereocenters. The van der Waals surface area contributed by atoms with E-state index >= 15 is 0 Å². The summed E-state index contributed by atoms with van der Waals surface area (Å²) in [6.07, 6.45) is 0.455. The third-order valence-electron chi connectivity index (χ3n) is 5.34. The smallest absolute Gasteiger partial charge is 0.338 e. The van der Waals surface area contributed by atoms with Crippen LogP contribution >= 0.6 is 0 Å². The third-order valence-corrected chi connectivity index (χ3v) is 5.34. The first-order valence-corrected chi connectivity index (χ1v) is 10.5. The second kappa shape index (κ2) is 10.2. The molecule has 3 amide bonds. The van der Waals surface area contributed by atoms with Crippen LogP contribution in [-0.2, 0) is 23.9 Å². The van der Waals surface area contributed by atoms with Crippen LogP contribution in [0.2, 0.25) is 0 Å². The first-order chi connectivity index (χ1) is 15.4. The second-order valence-corrected chi connectivity index (χ2v) is 7.36. The second-order valence-electron chi connectivity index (χ2n) is 7.36. The lowest BCUT2D eigenvalue weighted by Gasteiger charge is -2.28. The van der Waals surface area contributed by atoms with Crippen molar-refractivity contribution in [1.82, 2.24) is 10.6 Å². The molecule has 10 heteroatoms. The number of benzene rings is 1. The van der Waals surface area contributed by atoms with Gasteiger partial charge in [0.2, 0.25) is 5.91 Å². The lowest BCUT2D eigenvalue weighted by molar-refractivity contribution is -0.147. The fourth-order valence-electron chi connectivity index (χ4n) is 3.79. The molecule has 1 aromatic rings. The van der Waals surface area contributed by atoms with Gasteiger partial charge in [0.25, 0.3) is 0 Å². The molecule has 32 heavy (non-hydrogen) atoms. The van der Waals surface area contributed by atoms with Gasteiger partial charge in [0, 0.05) is 13.0 Å². The van der Waals surface area contributed by atoms with Gasteiger partial charge >= 0.3 is 18.0 Å². The Labute approximate surface area is 185 Å². The molecule has 2 heterocycles. The number of amides is 3. The molecule has 0 aliphatic carbocycles. The summed E-state index contributed by atoms with van der Waals surface area (Å²) in [5.41, 5.74) is 0.984. The standard InChI is InChI=1S/C22H27N3O7/c1-4-14-19(21(28)31-5-2)15(24-22(29)23-14)12-32-20(27)13-10-18(26)25(11-13)16-8-6-7-9-17(16)30-3/h6-9,13-14H,4-5,10-12H2,1-3H3,(H2,23,24,29)/t13-,14+/m0/s1. The van der Waals surface area contributed by atoms with Gasteiger partial charge in [0.05, 0.1) is 42.6 Å². The van der Waals surface area contributed by atoms with Gasteiger partial charge in [-0.3, -0.25) is 9.59 Å². The van der Waals surface area contributed by atoms with E-state index in [9.17, 15) is 19.2 Å². The Morgan fingerprint density at radius 3 is 2.59 bits per heavy atom. The average molecular weight is 445 g/mol. The number of urea groups is 1. The maximum absolute atomic E-state index is 12.7. The van der Waals surface area contributed by atoms with Crippen LogP contribution in [0.1, 0.15) is 26.7 Å². The largest absolute Gasteiger partial charge is 0.495 e. The minimum atomic E-state index is -0.682. The van der Waals surface area contributed by atoms with E-state index in [1.165, 1.54) is 12.0 Å². The highest BCUT2D eigenvalue weighted by Gasteiger charge is 2.38. The summed E-state index contributed by atoms with van der Waals surface area (Å²) in [6.45, 7) is 3.50. The molecule has 1 fully saturated rings. The lowest BCUT2D eigenvalue weighted by Crippen LogP contribution is -2.51. The van der Waals surface area contributed by atoms with Gasteiger partial charge in [0.1, 0.15) is 12.4 Å². The highest BCUT2D eigenvalue weighted by Crippen LogP contribution is 2.33. The van der Waals surface area contributed by atoms with Crippen LogP contribution in [0.3, 0.4) is 0 Å². The molecule has 0 radical (unpaired) electrons. The third kappa shape index (κ3) is 4.84. The quantitative estimate of drug-likeness (QED) is 0.581. The Balaban J connectivity index is 1.72. The topological polar surface area (TPSA) is 123 Å². The lowest BCUT2D eigenvalue weighted by atomic mass is 10.0. The predicted molar refractivity (Wildman–Crippen MR) is 114 cm³/mol. The van der Waals surface area contributed by atoms with Gasteiger partial charge < -0.3 is 29.7 Å². The monoisotopic (exact) mass is 445 g/mol. The summed E-state index contributed by atoms with van der Waals surface area (Å²) in [4.78, 5) is 51.1. The van der Waals surface area contributed by atoms with E-state index in [1.807, 2.05) is 6.92 Å². The number of hydrogen-bond acceptors (Lipinski definition) is 7. The van der Waals surface area contributed by atoms with Gasteiger partial charge in [-0.2, -0.15) is 0 Å². The fourth-order valence-corrected chi connectivity index (χ4v) is 3.79. The molecule has 10 nitrogen and oxygen atoms in total. The highest BCUT2D eigenvalue weighted by molar-refractivity contribution is 6.00. The van der Waals surface area contributed by atoms with Crippen molar-refractivity contribution >= 4 is 29.6 Å². The zero-order valence-electron chi connectivity index (χ0n) is 18.3. The van der Waals surface area contributed by atoms with E-state index in [4.69, 9.17) is 14.2 Å². The number of ether oxygens (including phenoxy) is 3. The fraction of sp³-hybridized carbons (Fsp3) is 0.455. The van der Waals surface area contributed by atoms with Crippen LogP contribution in [0, 0.1) is 5.92 Å². The normalized spacial score (nSPS) is 20.5. The molecule has 1 saturated heterocycles. The van der Waals surface area contributed by atoms with Gasteiger partial charge in [-0.25, -0.2) is 9.59 Å². The van der Waals surface area contributed by atoms with Crippen LogP contribution in [0.15, 0.2) is 35.5 Å². The summed E-state index contributed by atoms with van der Waals surface area (Å²) >= 11 is 0. The number of nitrogens with one attached hydrogen (secondary N) is 2. The molecule has 2 aliphatic heterocycles. The Kier molecular flexibility index (Phi) is 7.34. The van der Waals surface area contributed by atoms with Crippen LogP contribution < -0.4 is 20.3 Å². The van der Waals surface area contributed by atoms with Gasteiger partial charge in [-0.1, -0.05) is 19.1 Å². The van der Waals surface area contributed by atoms with Crippen molar-refractivity contribution < 1.29 is 33.4 Å². The minimum Gasteiger partial charge on any atom is -0.495 e. The number of nitrogens with zero attached hydrogens (tertiary/aromatic N) is 1. The highest BCUT2D eigenvalue weighted by atomic mass is 16.5. The molecule has 3 rings (SSSR count). The number of carbonyl (C=O) groups excluding carboxylic acids is 4. The van der Waals surface area contributed by atoms with Crippen LogP contribution in [0.4, 0.5) is 10.5 Å². The summed E-state index contributed by atoms with van der Waals surface area (Å²) in [5, 5.41) is 5.19. The van der Waals surface area contributed by atoms with Crippen molar-refractivity contribution in [3.63, 3.8) is 0 Å². The Hall–Kier alpha value is -3.56. The van der Waals surface area contributed by atoms with Gasteiger partial charge in [0.15, 0.2) is 0 Å². The molecule has 2 N–H and O–H groups in total. The Morgan fingerprint density at radius 1 is 1.16 bits per heavy atom. The Morgan fingerprint density at radius 2 is 1.91 bits per heavy atom. The van der Waals surface area contributed by atoms with E-state index < -0.39 is 29.9 Å². The number of carbonyl (C=O) groups is 4. The SMILES string of the molecule is CCOC(=O)C1=C(COC(=O)[C@H]2CC(=O)N(c3ccccc3OC)C2)NC(=O)N[C@@H]1CC. The van der Waals surface area contributed by atoms with Crippen LogP contribution in [-0.4, -0.2) is 56.8 Å². The molecule has 0 aromatic heterocycles. The molecule has 2 atom stereocenters. The Bertz CT molecular complexity index is 943. The summed E-state index contributed by atoms with van der Waals surface area (Å²) < 4.78 is 15.8. The number of methoxy groups -OCH3 is 1. The maximum atomic E-state index is 12.7. The molecule has 1 aromatic carbocycles. The molecule has 172 valence electrons. The zero-order chi connectivity index (χ0) is 23.3. The van der Waals surface area contributed by atoms with Crippen molar-refractivity contribution in [3.8, 4) is 5.75 Å². The van der Waals surface area contributed by atoms with Crippen molar-refractivity contribution in [2.75, 3.05) is 31.8 Å². The van der Waals surface area contributed by atoms with Crippen molar-refractivity contribution in [1.29, 1.82) is 0 Å². The molecular weight excluding hydrogens is 418 g/mol. The maximum Gasteiger partial charge on any atom is 0.338 e. The summed E-state index contributed by atoms with van der Waals surface area (Å²) in [5.74, 6) is -1.55. The molecule has 0 spiro atoms. The molecule has 2 aliphatic rings. The van der Waals surface area contributed by atoms with E-state index in [2.05, 4.69) is 10.6 Å². The molecule has 0 saturated carbocycles. The van der Waals surface area contributed by atoms with E-state index in [-0.39, 0.29) is 43.4 Å². The summed E-state index contributed by atoms with van der Waals surface area (Å²) in [6, 6.07) is 6.02. The number of hydrogen-bond donors (Lipinski definition) is 2. The average Bonchev–Trinajstić information content (AvgIpc) is 3.18. The van der Waals surface area contributed by atoms with Crippen LogP contribution in [0.25, 0.3) is 0 Å². The van der Waals surface area contributed by atoms with Crippen molar-refractivity contribution in [2.45, 2.75) is 32.7 Å². The van der Waals surface area contributed by atoms with Gasteiger partial charge in [-0.05, 0) is 25.5 Å². The van der Waals surface area contributed by atoms with Crippen molar-refractivity contribution in [2.24, 2.45) is 5.92 Å². The molecular formula is C22H27N3O7. The first kappa shape index (κ1) is 23.1. The zero-order valence-corrected chi connectivity index (χ0v) is 18.3. The minimum absolute atomic E-state index is 0.00778. The first-order valence-electron chi connectivity index (χ1n) is 10.5. The van der Waals surface area contributed by atoms with E-state index in [1.54, 1.807) is 31.2 Å². The number of rotatable bonds is 8. The van der Waals surface area contributed by atoms with Crippen molar-refractivity contribution in [3.05, 3.63) is 35.5 Å².